The molecule has 1 aliphatic heterocycles. The minimum atomic E-state index is -3.03. The molecule has 10 heteroatoms. The van der Waals surface area contributed by atoms with Crippen LogP contribution in [0.15, 0.2) is 29.3 Å². The highest BCUT2D eigenvalue weighted by atomic mass is 35.5. The fraction of sp³-hybridized carbons (Fsp3) is 0.529. The fourth-order valence-corrected chi connectivity index (χ4v) is 3.28. The lowest BCUT2D eigenvalue weighted by molar-refractivity contribution is -0.0656. The van der Waals surface area contributed by atoms with Crippen LogP contribution in [-0.2, 0) is 11.1 Å². The van der Waals surface area contributed by atoms with Gasteiger partial charge in [0.15, 0.2) is 11.1 Å². The molecular weight excluding hydrogens is 402 g/mol. The smallest absolute Gasteiger partial charge is 0.410 e. The van der Waals surface area contributed by atoms with E-state index in [1.807, 2.05) is 0 Å². The molecule has 27 heavy (non-hydrogen) atoms. The van der Waals surface area contributed by atoms with Crippen LogP contribution in [0.1, 0.15) is 19.3 Å². The Morgan fingerprint density at radius 3 is 2.78 bits per heavy atom. The van der Waals surface area contributed by atoms with Gasteiger partial charge in [0.2, 0.25) is 0 Å². The monoisotopic (exact) mass is 422 g/mol. The van der Waals surface area contributed by atoms with E-state index in [4.69, 9.17) is 20.9 Å². The van der Waals surface area contributed by atoms with E-state index < -0.39 is 35.6 Å². The van der Waals surface area contributed by atoms with Gasteiger partial charge in [0.1, 0.15) is 5.75 Å². The maximum atomic E-state index is 14.0. The average Bonchev–Trinajstić information content (AvgIpc) is 2.58. The van der Waals surface area contributed by atoms with Gasteiger partial charge in [-0.3, -0.25) is 4.99 Å². The maximum absolute atomic E-state index is 14.0. The first-order chi connectivity index (χ1) is 12.7. The van der Waals surface area contributed by atoms with Crippen molar-refractivity contribution in [2.75, 3.05) is 25.4 Å². The summed E-state index contributed by atoms with van der Waals surface area (Å²) in [4.78, 5) is 17.3. The third kappa shape index (κ3) is 7.90. The van der Waals surface area contributed by atoms with Gasteiger partial charge in [0.25, 0.3) is 5.92 Å². The molecule has 0 radical (unpaired) electrons. The van der Waals surface area contributed by atoms with Crippen molar-refractivity contribution in [1.29, 1.82) is 0 Å². The van der Waals surface area contributed by atoms with Crippen LogP contribution in [0.25, 0.3) is 0 Å². The van der Waals surface area contributed by atoms with Gasteiger partial charge in [-0.25, -0.2) is 17.8 Å². The highest BCUT2D eigenvalue weighted by molar-refractivity contribution is 7.79. The third-order valence-corrected chi connectivity index (χ3v) is 4.78. The Hall–Kier alpha value is -1.58. The standard InChI is InChI=1S/C17H21ClF2N2O4S/c18-14-3-5-15(6-4-14)26-16(23)22-11-13(9-17(19,20)12-22)10-21-7-1-2-8-27(24)25/h3-6,10,13H,1-2,7-9,11-12H2,(H,24,25). The second-order valence-electron chi connectivity index (χ2n) is 6.31. The predicted octanol–water partition coefficient (Wildman–Crippen LogP) is 3.87. The van der Waals surface area contributed by atoms with Gasteiger partial charge in [0.05, 0.1) is 6.54 Å². The molecule has 1 fully saturated rings. The molecule has 2 rings (SSSR count). The topological polar surface area (TPSA) is 79.2 Å². The van der Waals surface area contributed by atoms with Crippen LogP contribution >= 0.6 is 11.6 Å². The number of alkyl halides is 2. The summed E-state index contributed by atoms with van der Waals surface area (Å²) in [5.41, 5.74) is 0. The average molecular weight is 423 g/mol. The van der Waals surface area contributed by atoms with Crippen molar-refractivity contribution >= 4 is 35.0 Å². The highest BCUT2D eigenvalue weighted by Gasteiger charge is 2.42. The summed E-state index contributed by atoms with van der Waals surface area (Å²) in [6.45, 7) is -0.229. The number of halogens is 3. The lowest BCUT2D eigenvalue weighted by atomic mass is 9.96. The van der Waals surface area contributed by atoms with Gasteiger partial charge >= 0.3 is 6.09 Å². The minimum absolute atomic E-state index is 0.0895. The van der Waals surface area contributed by atoms with Crippen molar-refractivity contribution < 1.29 is 27.1 Å². The number of rotatable bonds is 7. The van der Waals surface area contributed by atoms with Crippen molar-refractivity contribution in [2.45, 2.75) is 25.2 Å². The van der Waals surface area contributed by atoms with Gasteiger partial charge in [0, 0.05) is 42.4 Å². The Bertz CT molecular complexity index is 688. The molecule has 0 aliphatic carbocycles. The van der Waals surface area contributed by atoms with Crippen LogP contribution in [0.2, 0.25) is 5.02 Å². The molecule has 1 N–H and O–H groups in total. The molecule has 6 nitrogen and oxygen atoms in total. The van der Waals surface area contributed by atoms with E-state index in [0.29, 0.717) is 24.4 Å². The van der Waals surface area contributed by atoms with Gasteiger partial charge in [-0.15, -0.1) is 0 Å². The van der Waals surface area contributed by atoms with Gasteiger partial charge in [-0.2, -0.15) is 0 Å². The second kappa shape index (κ2) is 10.1. The highest BCUT2D eigenvalue weighted by Crippen LogP contribution is 2.30. The summed E-state index contributed by atoms with van der Waals surface area (Å²) < 4.78 is 52.3. The van der Waals surface area contributed by atoms with Crippen LogP contribution in [0.4, 0.5) is 13.6 Å². The zero-order valence-corrected chi connectivity index (χ0v) is 16.1. The molecule has 0 saturated carbocycles. The van der Waals surface area contributed by atoms with Crippen LogP contribution in [0.3, 0.4) is 0 Å². The molecule has 1 aromatic carbocycles. The number of ether oxygens (including phenoxy) is 1. The number of carbonyl (C=O) groups is 1. The Labute approximate surface area is 163 Å². The summed E-state index contributed by atoms with van der Waals surface area (Å²) in [5, 5.41) is 0.473. The quantitative estimate of drug-likeness (QED) is 0.411. The number of hydrogen-bond donors (Lipinski definition) is 1. The van der Waals surface area contributed by atoms with Crippen LogP contribution in [-0.4, -0.2) is 57.3 Å². The summed E-state index contributed by atoms with van der Waals surface area (Å²) in [7, 11) is 0. The van der Waals surface area contributed by atoms with Crippen LogP contribution in [0, 0.1) is 5.92 Å². The molecular formula is C17H21ClF2N2O4S. The molecule has 2 unspecified atom stereocenters. The van der Waals surface area contributed by atoms with E-state index in [1.165, 1.54) is 30.5 Å². The van der Waals surface area contributed by atoms with E-state index in [0.717, 1.165) is 4.90 Å². The molecule has 0 aromatic heterocycles. The van der Waals surface area contributed by atoms with Gasteiger partial charge in [-0.05, 0) is 37.1 Å². The maximum Gasteiger partial charge on any atom is 0.415 e. The first-order valence-corrected chi connectivity index (χ1v) is 10.1. The molecule has 1 amide bonds. The molecule has 1 aromatic rings. The Morgan fingerprint density at radius 1 is 1.41 bits per heavy atom. The number of benzene rings is 1. The molecule has 1 saturated heterocycles. The first kappa shape index (κ1) is 21.7. The van der Waals surface area contributed by atoms with Crippen molar-refractivity contribution in [3.05, 3.63) is 29.3 Å². The van der Waals surface area contributed by atoms with Crippen LogP contribution in [0.5, 0.6) is 5.75 Å². The van der Waals surface area contributed by atoms with Crippen LogP contribution < -0.4 is 4.74 Å². The lowest BCUT2D eigenvalue weighted by Crippen LogP contribution is -2.50. The number of unbranched alkanes of at least 4 members (excludes halogenated alkanes) is 1. The number of carbonyl (C=O) groups excluding carboxylic acids is 1. The van der Waals surface area contributed by atoms with E-state index in [9.17, 15) is 17.8 Å². The van der Waals surface area contributed by atoms with Gasteiger partial charge < -0.3 is 14.2 Å². The molecule has 1 aliphatic rings. The largest absolute Gasteiger partial charge is 0.415 e. The number of aliphatic imine (C=N–C) groups is 1. The molecule has 0 spiro atoms. The fourth-order valence-electron chi connectivity index (χ4n) is 2.70. The first-order valence-electron chi connectivity index (χ1n) is 8.43. The van der Waals surface area contributed by atoms with Crippen molar-refractivity contribution in [1.82, 2.24) is 4.90 Å². The SMILES string of the molecule is O=C(Oc1ccc(Cl)cc1)N1CC(C=NCCCCS(=O)O)CC(F)(F)C1. The molecule has 150 valence electrons. The summed E-state index contributed by atoms with van der Waals surface area (Å²) >= 11 is 3.93. The molecule has 0 bridgehead atoms. The molecule has 1 heterocycles. The Morgan fingerprint density at radius 2 is 2.11 bits per heavy atom. The van der Waals surface area contributed by atoms with E-state index in [2.05, 4.69) is 4.99 Å². The number of amides is 1. The van der Waals surface area contributed by atoms with Crippen molar-refractivity contribution in [2.24, 2.45) is 10.9 Å². The van der Waals surface area contributed by atoms with Crippen molar-refractivity contribution in [3.8, 4) is 5.75 Å². The predicted molar refractivity (Wildman–Crippen MR) is 100 cm³/mol. The normalized spacial score (nSPS) is 20.6. The van der Waals surface area contributed by atoms with Gasteiger partial charge in [-0.1, -0.05) is 11.6 Å². The van der Waals surface area contributed by atoms with Crippen molar-refractivity contribution in [3.63, 3.8) is 0 Å². The number of hydrogen-bond acceptors (Lipinski definition) is 4. The lowest BCUT2D eigenvalue weighted by Gasteiger charge is -2.35. The third-order valence-electron chi connectivity index (χ3n) is 3.89. The minimum Gasteiger partial charge on any atom is -0.410 e. The number of piperidine rings is 1. The number of nitrogens with zero attached hydrogens (tertiary/aromatic N) is 2. The summed E-state index contributed by atoms with van der Waals surface area (Å²) in [6.07, 6.45) is 1.32. The summed E-state index contributed by atoms with van der Waals surface area (Å²) in [5.74, 6) is -3.22. The zero-order valence-electron chi connectivity index (χ0n) is 14.5. The van der Waals surface area contributed by atoms with E-state index in [1.54, 1.807) is 0 Å². The zero-order chi connectivity index (χ0) is 19.9. The second-order valence-corrected chi connectivity index (χ2v) is 7.80. The molecule has 2 atom stereocenters. The summed E-state index contributed by atoms with van der Waals surface area (Å²) in [6, 6.07) is 6.05. The number of likely N-dealkylation sites (tertiary alicyclic amines) is 1. The van der Waals surface area contributed by atoms with E-state index >= 15 is 0 Å². The Kier molecular flexibility index (Phi) is 8.12. The van der Waals surface area contributed by atoms with E-state index in [-0.39, 0.29) is 24.5 Å². The Balaban J connectivity index is 1.88.